The molecule has 160 valence electrons. The summed E-state index contributed by atoms with van der Waals surface area (Å²) >= 11 is 0. The number of nitrogens with zero attached hydrogens (tertiary/aromatic N) is 4. The van der Waals surface area contributed by atoms with Crippen LogP contribution < -0.4 is 4.31 Å². The number of nitrogens with one attached hydrogen (secondary N) is 1. The van der Waals surface area contributed by atoms with Gasteiger partial charge >= 0.3 is 6.18 Å². The lowest BCUT2D eigenvalue weighted by molar-refractivity contribution is -0.137. The number of aromatic amines is 1. The average Bonchev–Trinajstić information content (AvgIpc) is 3.19. The van der Waals surface area contributed by atoms with Crippen molar-refractivity contribution in [2.45, 2.75) is 6.18 Å². The first-order chi connectivity index (χ1) is 14.5. The van der Waals surface area contributed by atoms with E-state index in [4.69, 9.17) is 0 Å². The summed E-state index contributed by atoms with van der Waals surface area (Å²) in [5, 5.41) is 19.1. The van der Waals surface area contributed by atoms with Gasteiger partial charge in [0.25, 0.3) is 0 Å². The minimum absolute atomic E-state index is 0.122. The Morgan fingerprint density at radius 1 is 1.16 bits per heavy atom. The normalized spacial score (nSPS) is 12.1. The van der Waals surface area contributed by atoms with Gasteiger partial charge in [0.1, 0.15) is 11.8 Å². The highest BCUT2D eigenvalue weighted by atomic mass is 32.2. The molecule has 2 aromatic carbocycles. The summed E-state index contributed by atoms with van der Waals surface area (Å²) in [6.07, 6.45) is -0.497. The molecule has 1 aromatic heterocycles. The van der Waals surface area contributed by atoms with Crippen molar-refractivity contribution < 1.29 is 21.6 Å². The van der Waals surface area contributed by atoms with E-state index in [1.807, 2.05) is 6.07 Å². The highest BCUT2D eigenvalue weighted by Crippen LogP contribution is 2.32. The van der Waals surface area contributed by atoms with Crippen LogP contribution in [0, 0.1) is 11.3 Å². The van der Waals surface area contributed by atoms with Crippen LogP contribution in [0.3, 0.4) is 0 Å². The topological polar surface area (TPSA) is 103 Å². The van der Waals surface area contributed by atoms with Crippen LogP contribution in [0.5, 0.6) is 0 Å². The quantitative estimate of drug-likeness (QED) is 0.597. The van der Waals surface area contributed by atoms with Gasteiger partial charge in [0.2, 0.25) is 10.0 Å². The molecule has 0 aliphatic heterocycles. The van der Waals surface area contributed by atoms with E-state index in [9.17, 15) is 26.9 Å². The lowest BCUT2D eigenvalue weighted by Crippen LogP contribution is -2.25. The zero-order valence-electron chi connectivity index (χ0n) is 16.3. The summed E-state index contributed by atoms with van der Waals surface area (Å²) in [5.74, 6) is 0. The first-order valence-corrected chi connectivity index (χ1v) is 10.6. The van der Waals surface area contributed by atoms with Gasteiger partial charge in [0, 0.05) is 12.6 Å². The van der Waals surface area contributed by atoms with Gasteiger partial charge < -0.3 is 0 Å². The smallest absolute Gasteiger partial charge is 0.273 e. The molecular weight excluding hydrogens is 431 g/mol. The summed E-state index contributed by atoms with van der Waals surface area (Å²) in [6, 6.07) is 11.4. The number of anilines is 1. The minimum Gasteiger partial charge on any atom is -0.273 e. The van der Waals surface area contributed by atoms with Crippen LogP contribution in [-0.2, 0) is 16.2 Å². The lowest BCUT2D eigenvalue weighted by Gasteiger charge is -2.19. The zero-order chi connectivity index (χ0) is 22.8. The summed E-state index contributed by atoms with van der Waals surface area (Å²) in [7, 11) is -2.24. The first-order valence-electron chi connectivity index (χ1n) is 8.75. The molecule has 0 radical (unpaired) electrons. The fourth-order valence-corrected chi connectivity index (χ4v) is 3.34. The van der Waals surface area contributed by atoms with E-state index in [-0.39, 0.29) is 17.0 Å². The van der Waals surface area contributed by atoms with Crippen LogP contribution in [-0.4, -0.2) is 37.1 Å². The van der Waals surface area contributed by atoms with Gasteiger partial charge in [0.15, 0.2) is 5.69 Å². The lowest BCUT2D eigenvalue weighted by atomic mass is 10.0. The standard InChI is InChI=1S/C20H16F3N5O2S/c1-28(31(2,29)30)18-9-8-15(19-17(12-24)25-27-26-19)11-14(18)7-6-13-4-3-5-16(10-13)20(21,22)23/h3-11H,1-2H3,(H,25,26,27)/b7-6+. The largest absolute Gasteiger partial charge is 0.416 e. The number of hydrogen-bond acceptors (Lipinski definition) is 5. The molecule has 31 heavy (non-hydrogen) atoms. The third-order valence-electron chi connectivity index (χ3n) is 4.47. The maximum atomic E-state index is 13.0. The summed E-state index contributed by atoms with van der Waals surface area (Å²) in [6.45, 7) is 0. The van der Waals surface area contributed by atoms with Gasteiger partial charge in [-0.25, -0.2) is 13.5 Å². The monoisotopic (exact) mass is 447 g/mol. The fourth-order valence-electron chi connectivity index (χ4n) is 2.81. The van der Waals surface area contributed by atoms with E-state index >= 15 is 0 Å². The highest BCUT2D eigenvalue weighted by Gasteiger charge is 2.30. The number of alkyl halides is 3. The zero-order valence-corrected chi connectivity index (χ0v) is 17.2. The predicted molar refractivity (Wildman–Crippen MR) is 110 cm³/mol. The third kappa shape index (κ3) is 4.92. The van der Waals surface area contributed by atoms with Crippen molar-refractivity contribution in [1.82, 2.24) is 15.4 Å². The van der Waals surface area contributed by atoms with Crippen molar-refractivity contribution in [2.75, 3.05) is 17.6 Å². The molecule has 1 N–H and O–H groups in total. The van der Waals surface area contributed by atoms with Gasteiger partial charge in [-0.05, 0) is 35.4 Å². The molecule has 1 heterocycles. The Bertz CT molecular complexity index is 1290. The summed E-state index contributed by atoms with van der Waals surface area (Å²) in [4.78, 5) is 0. The fraction of sp³-hybridized carbons (Fsp3) is 0.150. The molecule has 0 bridgehead atoms. The molecule has 3 rings (SSSR count). The number of aromatic nitrogens is 3. The summed E-state index contributed by atoms with van der Waals surface area (Å²) < 4.78 is 64.0. The van der Waals surface area contributed by atoms with Crippen molar-refractivity contribution >= 4 is 27.9 Å². The second kappa shape index (κ2) is 8.23. The SMILES string of the molecule is CN(c1ccc(-c2nn[nH]c2C#N)cc1/C=C/c1cccc(C(F)(F)F)c1)S(C)(=O)=O. The molecule has 0 spiro atoms. The molecule has 7 nitrogen and oxygen atoms in total. The molecule has 0 aliphatic carbocycles. The van der Waals surface area contributed by atoms with Crippen LogP contribution in [0.25, 0.3) is 23.4 Å². The van der Waals surface area contributed by atoms with Gasteiger partial charge in [-0.2, -0.15) is 18.4 Å². The maximum Gasteiger partial charge on any atom is 0.416 e. The van der Waals surface area contributed by atoms with Crippen LogP contribution in [0.4, 0.5) is 18.9 Å². The van der Waals surface area contributed by atoms with Crippen LogP contribution in [0.1, 0.15) is 22.4 Å². The van der Waals surface area contributed by atoms with Crippen molar-refractivity contribution in [1.29, 1.82) is 5.26 Å². The molecule has 0 amide bonds. The van der Waals surface area contributed by atoms with E-state index < -0.39 is 21.8 Å². The second-order valence-electron chi connectivity index (χ2n) is 6.61. The van der Waals surface area contributed by atoms with E-state index in [2.05, 4.69) is 15.4 Å². The van der Waals surface area contributed by atoms with Crippen LogP contribution in [0.2, 0.25) is 0 Å². The molecular formula is C20H16F3N5O2S. The molecule has 0 aliphatic rings. The Labute approximate surface area is 176 Å². The second-order valence-corrected chi connectivity index (χ2v) is 8.62. The van der Waals surface area contributed by atoms with Crippen LogP contribution >= 0.6 is 0 Å². The molecule has 0 fully saturated rings. The highest BCUT2D eigenvalue weighted by molar-refractivity contribution is 7.92. The summed E-state index contributed by atoms with van der Waals surface area (Å²) in [5.41, 5.74) is 1.07. The third-order valence-corrected chi connectivity index (χ3v) is 5.66. The van der Waals surface area contributed by atoms with Crippen molar-refractivity contribution in [3.05, 3.63) is 64.8 Å². The number of H-pyrrole nitrogens is 1. The first kappa shape index (κ1) is 22.0. The average molecular weight is 447 g/mol. The number of benzene rings is 2. The number of hydrogen-bond donors (Lipinski definition) is 1. The van der Waals surface area contributed by atoms with Crippen molar-refractivity contribution in [2.24, 2.45) is 0 Å². The van der Waals surface area contributed by atoms with E-state index in [1.54, 1.807) is 12.1 Å². The molecule has 3 aromatic rings. The van der Waals surface area contributed by atoms with E-state index in [0.29, 0.717) is 16.8 Å². The van der Waals surface area contributed by atoms with E-state index in [1.165, 1.54) is 37.4 Å². The predicted octanol–water partition coefficient (Wildman–Crippen LogP) is 3.93. The molecule has 0 unspecified atom stereocenters. The number of halogens is 3. The van der Waals surface area contributed by atoms with Gasteiger partial charge in [-0.15, -0.1) is 5.10 Å². The molecule has 0 atom stereocenters. The van der Waals surface area contributed by atoms with Gasteiger partial charge in [-0.1, -0.05) is 35.6 Å². The van der Waals surface area contributed by atoms with Crippen LogP contribution in [0.15, 0.2) is 42.5 Å². The Balaban J connectivity index is 2.11. The van der Waals surface area contributed by atoms with E-state index in [0.717, 1.165) is 22.7 Å². The Morgan fingerprint density at radius 3 is 2.55 bits per heavy atom. The van der Waals surface area contributed by atoms with Gasteiger partial charge in [0.05, 0.1) is 17.5 Å². The molecule has 11 heteroatoms. The molecule has 0 saturated carbocycles. The number of nitriles is 1. The Hall–Kier alpha value is -3.65. The van der Waals surface area contributed by atoms with Crippen molar-refractivity contribution in [3.63, 3.8) is 0 Å². The van der Waals surface area contributed by atoms with Crippen molar-refractivity contribution in [3.8, 4) is 17.3 Å². The number of sulfonamides is 1. The molecule has 0 saturated heterocycles. The number of rotatable bonds is 5. The maximum absolute atomic E-state index is 13.0. The Morgan fingerprint density at radius 2 is 1.90 bits per heavy atom. The minimum atomic E-state index is -4.48. The Kier molecular flexibility index (Phi) is 5.85. The van der Waals surface area contributed by atoms with Gasteiger partial charge in [-0.3, -0.25) is 4.31 Å².